The highest BCUT2D eigenvalue weighted by molar-refractivity contribution is 9.09. The Morgan fingerprint density at radius 2 is 2.07 bits per heavy atom. The maximum atomic E-state index is 11.5. The van der Waals surface area contributed by atoms with Crippen LogP contribution < -0.4 is 5.32 Å². The number of alkyl halides is 1. The molecule has 1 N–H and O–H groups in total. The summed E-state index contributed by atoms with van der Waals surface area (Å²) in [5, 5.41) is 3.02. The van der Waals surface area contributed by atoms with Gasteiger partial charge in [-0.05, 0) is 37.5 Å². The lowest BCUT2D eigenvalue weighted by Gasteiger charge is -2.24. The summed E-state index contributed by atoms with van der Waals surface area (Å²) in [6.07, 6.45) is 7.25. The van der Waals surface area contributed by atoms with Gasteiger partial charge in [-0.25, -0.2) is 0 Å². The van der Waals surface area contributed by atoms with Crippen LogP contribution in [0.5, 0.6) is 0 Å². The number of carbonyl (C=O) groups excluding carboxylic acids is 1. The van der Waals surface area contributed by atoms with E-state index in [0.29, 0.717) is 10.7 Å². The fourth-order valence-electron chi connectivity index (χ4n) is 1.87. The average Bonchev–Trinajstić information content (AvgIpc) is 2.90. The first-order chi connectivity index (χ1) is 6.75. The summed E-state index contributed by atoms with van der Waals surface area (Å²) in [6, 6.07) is 0. The first-order valence-electron chi connectivity index (χ1n) is 5.66. The largest absolute Gasteiger partial charge is 0.355 e. The molecule has 0 aromatic heterocycles. The number of carbonyl (C=O) groups is 1. The van der Waals surface area contributed by atoms with E-state index in [1.165, 1.54) is 32.1 Å². The fraction of sp³-hybridized carbons (Fsp3) is 0.909. The highest BCUT2D eigenvalue weighted by Crippen LogP contribution is 2.36. The van der Waals surface area contributed by atoms with Crippen molar-refractivity contribution in [3.8, 4) is 0 Å². The molecule has 2 saturated carbocycles. The van der Waals surface area contributed by atoms with Crippen LogP contribution in [0.2, 0.25) is 0 Å². The van der Waals surface area contributed by atoms with Gasteiger partial charge in [-0.15, -0.1) is 0 Å². The molecule has 0 radical (unpaired) electrons. The molecule has 1 atom stereocenters. The van der Waals surface area contributed by atoms with E-state index in [4.69, 9.17) is 0 Å². The highest BCUT2D eigenvalue weighted by atomic mass is 79.9. The Labute approximate surface area is 94.0 Å². The number of hydrogen-bond acceptors (Lipinski definition) is 1. The lowest BCUT2D eigenvalue weighted by atomic mass is 9.83. The molecule has 1 unspecified atom stereocenters. The number of halogens is 1. The van der Waals surface area contributed by atoms with Crippen LogP contribution in [0, 0.1) is 11.8 Å². The highest BCUT2D eigenvalue weighted by Gasteiger charge is 2.29. The minimum absolute atomic E-state index is 0.250. The minimum Gasteiger partial charge on any atom is -0.355 e. The van der Waals surface area contributed by atoms with Crippen LogP contribution in [0.4, 0.5) is 0 Å². The van der Waals surface area contributed by atoms with E-state index in [9.17, 15) is 4.79 Å². The predicted octanol–water partition coefficient (Wildman–Crippen LogP) is 2.47. The second-order valence-corrected chi connectivity index (χ2v) is 5.83. The molecule has 80 valence electrons. The summed E-state index contributed by atoms with van der Waals surface area (Å²) in [5.74, 6) is 1.75. The summed E-state index contributed by atoms with van der Waals surface area (Å²) in [5.41, 5.74) is 0. The van der Waals surface area contributed by atoms with Gasteiger partial charge < -0.3 is 5.32 Å². The molecule has 0 heterocycles. The minimum atomic E-state index is 0.250. The van der Waals surface area contributed by atoms with Gasteiger partial charge >= 0.3 is 0 Å². The maximum Gasteiger partial charge on any atom is 0.220 e. The third-order valence-corrected chi connectivity index (χ3v) is 4.40. The molecule has 0 bridgehead atoms. The molecular formula is C11H18BrNO. The molecule has 3 heteroatoms. The summed E-state index contributed by atoms with van der Waals surface area (Å²) < 4.78 is 0. The molecule has 0 aliphatic heterocycles. The van der Waals surface area contributed by atoms with Gasteiger partial charge in [0.1, 0.15) is 0 Å². The Hall–Kier alpha value is -0.0500. The van der Waals surface area contributed by atoms with Crippen molar-refractivity contribution in [1.29, 1.82) is 0 Å². The summed E-state index contributed by atoms with van der Waals surface area (Å²) in [6.45, 7) is 0.816. The number of nitrogens with one attached hydrogen (secondary N) is 1. The summed E-state index contributed by atoms with van der Waals surface area (Å²) in [7, 11) is 0. The predicted molar refractivity (Wildman–Crippen MR) is 60.4 cm³/mol. The maximum absolute atomic E-state index is 11.5. The van der Waals surface area contributed by atoms with Gasteiger partial charge in [0.25, 0.3) is 0 Å². The molecule has 2 rings (SSSR count). The van der Waals surface area contributed by atoms with Crippen LogP contribution in [0.15, 0.2) is 0 Å². The Morgan fingerprint density at radius 1 is 1.36 bits per heavy atom. The molecule has 1 amide bonds. The van der Waals surface area contributed by atoms with Gasteiger partial charge in [0.15, 0.2) is 0 Å². The third kappa shape index (κ3) is 2.97. The van der Waals surface area contributed by atoms with Crippen molar-refractivity contribution in [1.82, 2.24) is 5.32 Å². The van der Waals surface area contributed by atoms with Gasteiger partial charge in [0.2, 0.25) is 5.91 Å². The Balaban J connectivity index is 1.56. The third-order valence-electron chi connectivity index (χ3n) is 3.33. The van der Waals surface area contributed by atoms with Gasteiger partial charge in [0, 0.05) is 17.8 Å². The molecule has 14 heavy (non-hydrogen) atoms. The molecule has 2 nitrogen and oxygen atoms in total. The zero-order valence-corrected chi connectivity index (χ0v) is 10.1. The topological polar surface area (TPSA) is 29.1 Å². The van der Waals surface area contributed by atoms with E-state index in [2.05, 4.69) is 21.2 Å². The molecule has 0 aromatic rings. The second-order valence-electron chi connectivity index (χ2n) is 4.66. The summed E-state index contributed by atoms with van der Waals surface area (Å²) >= 11 is 3.62. The quantitative estimate of drug-likeness (QED) is 0.756. The van der Waals surface area contributed by atoms with Crippen LogP contribution >= 0.6 is 15.9 Å². The van der Waals surface area contributed by atoms with Crippen LogP contribution in [0.1, 0.15) is 38.5 Å². The number of hydrogen-bond donors (Lipinski definition) is 1. The zero-order valence-electron chi connectivity index (χ0n) is 8.47. The average molecular weight is 260 g/mol. The lowest BCUT2D eigenvalue weighted by Crippen LogP contribution is -2.32. The monoisotopic (exact) mass is 259 g/mol. The number of amides is 1. The van der Waals surface area contributed by atoms with Crippen molar-refractivity contribution in [3.05, 3.63) is 0 Å². The normalized spacial score (nSPS) is 24.1. The lowest BCUT2D eigenvalue weighted by molar-refractivity contribution is -0.122. The van der Waals surface area contributed by atoms with Crippen LogP contribution in [-0.2, 0) is 4.79 Å². The smallest absolute Gasteiger partial charge is 0.220 e. The van der Waals surface area contributed by atoms with E-state index in [1.54, 1.807) is 0 Å². The Kier molecular flexibility index (Phi) is 3.47. The van der Waals surface area contributed by atoms with Crippen LogP contribution in [0.25, 0.3) is 0 Å². The molecule has 0 saturated heterocycles. The molecule has 0 spiro atoms. The van der Waals surface area contributed by atoms with E-state index < -0.39 is 0 Å². The van der Waals surface area contributed by atoms with E-state index in [1.807, 2.05) is 0 Å². The van der Waals surface area contributed by atoms with Crippen molar-refractivity contribution < 1.29 is 4.79 Å². The van der Waals surface area contributed by atoms with Gasteiger partial charge in [-0.2, -0.15) is 0 Å². The molecule has 2 aliphatic rings. The van der Waals surface area contributed by atoms with Crippen LogP contribution in [0.3, 0.4) is 0 Å². The first kappa shape index (κ1) is 10.5. The van der Waals surface area contributed by atoms with Crippen molar-refractivity contribution in [3.63, 3.8) is 0 Å². The van der Waals surface area contributed by atoms with Crippen molar-refractivity contribution in [2.45, 2.75) is 43.4 Å². The first-order valence-corrected chi connectivity index (χ1v) is 6.58. The van der Waals surface area contributed by atoms with Gasteiger partial charge in [-0.1, -0.05) is 22.4 Å². The van der Waals surface area contributed by atoms with E-state index >= 15 is 0 Å². The number of rotatable bonds is 5. The van der Waals surface area contributed by atoms with Gasteiger partial charge in [-0.3, -0.25) is 4.79 Å². The van der Waals surface area contributed by atoms with Crippen molar-refractivity contribution in [2.24, 2.45) is 11.8 Å². The Bertz CT molecular complexity index is 211. The van der Waals surface area contributed by atoms with E-state index in [-0.39, 0.29) is 5.91 Å². The molecule has 2 aliphatic carbocycles. The second kappa shape index (κ2) is 4.65. The Morgan fingerprint density at radius 3 is 2.57 bits per heavy atom. The molecule has 0 aromatic carbocycles. The SMILES string of the molecule is O=C(CC1CCC1)NCC(Br)C1CC1. The molecular weight excluding hydrogens is 242 g/mol. The summed E-state index contributed by atoms with van der Waals surface area (Å²) in [4.78, 5) is 12.0. The van der Waals surface area contributed by atoms with Crippen LogP contribution in [-0.4, -0.2) is 17.3 Å². The van der Waals surface area contributed by atoms with E-state index in [0.717, 1.165) is 18.9 Å². The standard InChI is InChI=1S/C11H18BrNO/c12-10(9-4-5-9)7-13-11(14)6-8-2-1-3-8/h8-10H,1-7H2,(H,13,14). The molecule has 2 fully saturated rings. The fourth-order valence-corrected chi connectivity index (χ4v) is 2.56. The van der Waals surface area contributed by atoms with Gasteiger partial charge in [0.05, 0.1) is 0 Å². The van der Waals surface area contributed by atoms with Crippen molar-refractivity contribution >= 4 is 21.8 Å². The zero-order chi connectivity index (χ0) is 9.97. The van der Waals surface area contributed by atoms with Crippen molar-refractivity contribution in [2.75, 3.05) is 6.54 Å².